The summed E-state index contributed by atoms with van der Waals surface area (Å²) in [6, 6.07) is 3.15. The van der Waals surface area contributed by atoms with Crippen LogP contribution in [0.1, 0.15) is 16.1 Å². The Morgan fingerprint density at radius 1 is 1.29 bits per heavy atom. The van der Waals surface area contributed by atoms with E-state index in [9.17, 15) is 18.0 Å². The van der Waals surface area contributed by atoms with Crippen molar-refractivity contribution in [2.75, 3.05) is 0 Å². The van der Waals surface area contributed by atoms with Crippen molar-refractivity contribution in [3.05, 3.63) is 35.7 Å². The van der Waals surface area contributed by atoms with E-state index in [1.54, 1.807) is 0 Å². The number of fused-ring (bicyclic) bond motifs is 1. The summed E-state index contributed by atoms with van der Waals surface area (Å²) >= 11 is 0. The molecule has 0 unspecified atom stereocenters. The van der Waals surface area contributed by atoms with Crippen molar-refractivity contribution < 1.29 is 23.1 Å². The minimum Gasteiger partial charge on any atom is -0.478 e. The number of rotatable bonds is 1. The highest BCUT2D eigenvalue weighted by Gasteiger charge is 2.32. The number of aromatic nitrogens is 2. The normalized spacial score (nSPS) is 11.7. The molecule has 0 aliphatic carbocycles. The van der Waals surface area contributed by atoms with Gasteiger partial charge in [0.1, 0.15) is 5.69 Å². The number of carbonyl (C=O) groups is 1. The van der Waals surface area contributed by atoms with E-state index >= 15 is 0 Å². The molecule has 0 atom stereocenters. The molecule has 1 N–H and O–H groups in total. The van der Waals surface area contributed by atoms with Crippen molar-refractivity contribution in [3.8, 4) is 0 Å². The first kappa shape index (κ1) is 11.3. The topological polar surface area (TPSA) is 63.1 Å². The van der Waals surface area contributed by atoms with Gasteiger partial charge in [-0.1, -0.05) is 0 Å². The third kappa shape index (κ3) is 2.17. The summed E-state index contributed by atoms with van der Waals surface area (Å²) in [7, 11) is 0. The number of nitrogens with zero attached hydrogens (tertiary/aromatic N) is 2. The molecule has 0 saturated heterocycles. The molecule has 0 aliphatic rings. The second-order valence-corrected chi connectivity index (χ2v) is 3.27. The van der Waals surface area contributed by atoms with Gasteiger partial charge in [-0.05, 0) is 18.2 Å². The monoisotopic (exact) mass is 242 g/mol. The molecule has 0 saturated carbocycles. The van der Waals surface area contributed by atoms with Gasteiger partial charge in [0.05, 0.1) is 5.56 Å². The van der Waals surface area contributed by atoms with Crippen LogP contribution < -0.4 is 0 Å². The van der Waals surface area contributed by atoms with Gasteiger partial charge in [-0.15, -0.1) is 0 Å². The van der Waals surface area contributed by atoms with Gasteiger partial charge in [0.25, 0.3) is 0 Å². The fourth-order valence-electron chi connectivity index (χ4n) is 1.29. The maximum Gasteiger partial charge on any atom is 0.433 e. The highest BCUT2D eigenvalue weighted by atomic mass is 19.4. The zero-order valence-electron chi connectivity index (χ0n) is 8.19. The van der Waals surface area contributed by atoms with Crippen molar-refractivity contribution in [3.63, 3.8) is 0 Å². The van der Waals surface area contributed by atoms with Crippen LogP contribution in [0.4, 0.5) is 13.2 Å². The fourth-order valence-corrected chi connectivity index (χ4v) is 1.29. The van der Waals surface area contributed by atoms with Crippen LogP contribution in [-0.4, -0.2) is 21.0 Å². The van der Waals surface area contributed by atoms with Crippen LogP contribution in [-0.2, 0) is 6.18 Å². The standard InChI is InChI=1S/C10H5F3N2O2/c11-10(12,13)7-2-1-5-3-6(9(16)17)4-14-8(5)15-7/h1-4H,(H,16,17). The third-order valence-corrected chi connectivity index (χ3v) is 2.08. The van der Waals surface area contributed by atoms with Gasteiger partial charge in [-0.25, -0.2) is 14.8 Å². The van der Waals surface area contributed by atoms with E-state index in [0.29, 0.717) is 0 Å². The average molecular weight is 242 g/mol. The van der Waals surface area contributed by atoms with Gasteiger partial charge in [-0.2, -0.15) is 13.2 Å². The first-order valence-corrected chi connectivity index (χ1v) is 4.45. The Labute approximate surface area is 92.7 Å². The summed E-state index contributed by atoms with van der Waals surface area (Å²) in [6.45, 7) is 0. The molecular weight excluding hydrogens is 237 g/mol. The van der Waals surface area contributed by atoms with E-state index in [-0.39, 0.29) is 16.6 Å². The van der Waals surface area contributed by atoms with E-state index in [1.165, 1.54) is 6.07 Å². The minimum absolute atomic E-state index is 0.0981. The van der Waals surface area contributed by atoms with E-state index in [4.69, 9.17) is 5.11 Å². The Balaban J connectivity index is 2.58. The molecule has 2 aromatic heterocycles. The lowest BCUT2D eigenvalue weighted by molar-refractivity contribution is -0.141. The number of pyridine rings is 2. The molecule has 88 valence electrons. The quantitative estimate of drug-likeness (QED) is 0.833. The van der Waals surface area contributed by atoms with Crippen LogP contribution in [0.25, 0.3) is 11.0 Å². The molecule has 2 aromatic rings. The fraction of sp³-hybridized carbons (Fsp3) is 0.100. The molecule has 4 nitrogen and oxygen atoms in total. The first-order valence-electron chi connectivity index (χ1n) is 4.45. The van der Waals surface area contributed by atoms with Gasteiger partial charge in [0.2, 0.25) is 0 Å². The number of carboxylic acid groups (broad SMARTS) is 1. The summed E-state index contributed by atoms with van der Waals surface area (Å²) in [4.78, 5) is 17.5. The highest BCUT2D eigenvalue weighted by Crippen LogP contribution is 2.28. The van der Waals surface area contributed by atoms with Crippen LogP contribution in [0.5, 0.6) is 0 Å². The van der Waals surface area contributed by atoms with E-state index in [0.717, 1.165) is 18.3 Å². The summed E-state index contributed by atoms with van der Waals surface area (Å²) in [6.07, 6.45) is -3.57. The molecule has 17 heavy (non-hydrogen) atoms. The Hall–Kier alpha value is -2.18. The molecule has 0 bridgehead atoms. The Morgan fingerprint density at radius 2 is 2.00 bits per heavy atom. The molecule has 2 rings (SSSR count). The molecule has 0 radical (unpaired) electrons. The van der Waals surface area contributed by atoms with E-state index in [2.05, 4.69) is 9.97 Å². The highest BCUT2D eigenvalue weighted by molar-refractivity contribution is 5.91. The molecule has 0 fully saturated rings. The van der Waals surface area contributed by atoms with Gasteiger partial charge in [0.15, 0.2) is 5.65 Å². The Kier molecular flexibility index (Phi) is 2.45. The molecule has 7 heteroatoms. The van der Waals surface area contributed by atoms with Crippen molar-refractivity contribution in [2.45, 2.75) is 6.18 Å². The zero-order chi connectivity index (χ0) is 12.6. The lowest BCUT2D eigenvalue weighted by Crippen LogP contribution is -2.08. The lowest BCUT2D eigenvalue weighted by Gasteiger charge is -2.06. The van der Waals surface area contributed by atoms with Crippen molar-refractivity contribution >= 4 is 17.0 Å². The summed E-state index contributed by atoms with van der Waals surface area (Å²) in [5.74, 6) is -1.20. The maximum atomic E-state index is 12.3. The molecule has 2 heterocycles. The van der Waals surface area contributed by atoms with Crippen LogP contribution >= 0.6 is 0 Å². The van der Waals surface area contributed by atoms with Gasteiger partial charge < -0.3 is 5.11 Å². The molecule has 0 spiro atoms. The second-order valence-electron chi connectivity index (χ2n) is 3.27. The molecule has 0 amide bonds. The van der Waals surface area contributed by atoms with E-state index in [1.807, 2.05) is 0 Å². The summed E-state index contributed by atoms with van der Waals surface area (Å²) < 4.78 is 37.0. The van der Waals surface area contributed by atoms with Gasteiger partial charge >= 0.3 is 12.1 Å². The van der Waals surface area contributed by atoms with E-state index < -0.39 is 17.8 Å². The smallest absolute Gasteiger partial charge is 0.433 e. The molecule has 0 aliphatic heterocycles. The predicted molar refractivity (Wildman–Crippen MR) is 51.5 cm³/mol. The zero-order valence-corrected chi connectivity index (χ0v) is 8.19. The number of aromatic carboxylic acids is 1. The number of hydrogen-bond acceptors (Lipinski definition) is 3. The van der Waals surface area contributed by atoms with Crippen LogP contribution in [0.2, 0.25) is 0 Å². The van der Waals surface area contributed by atoms with Crippen molar-refractivity contribution in [2.24, 2.45) is 0 Å². The Bertz CT molecular complexity index is 596. The molecule has 0 aromatic carbocycles. The predicted octanol–water partition coefficient (Wildman–Crippen LogP) is 2.35. The SMILES string of the molecule is O=C(O)c1cnc2nc(C(F)(F)F)ccc2c1. The lowest BCUT2D eigenvalue weighted by atomic mass is 10.2. The second kappa shape index (κ2) is 3.69. The number of alkyl halides is 3. The number of carboxylic acids is 1. The summed E-state index contributed by atoms with van der Waals surface area (Å²) in [5, 5.41) is 8.94. The Morgan fingerprint density at radius 3 is 2.59 bits per heavy atom. The summed E-state index contributed by atoms with van der Waals surface area (Å²) in [5.41, 5.74) is -1.29. The average Bonchev–Trinajstić information content (AvgIpc) is 2.26. The van der Waals surface area contributed by atoms with Crippen LogP contribution in [0, 0.1) is 0 Å². The minimum atomic E-state index is -4.54. The third-order valence-electron chi connectivity index (χ3n) is 2.08. The van der Waals surface area contributed by atoms with Crippen molar-refractivity contribution in [1.29, 1.82) is 0 Å². The largest absolute Gasteiger partial charge is 0.478 e. The van der Waals surface area contributed by atoms with Gasteiger partial charge in [0, 0.05) is 11.6 Å². The van der Waals surface area contributed by atoms with Crippen LogP contribution in [0.15, 0.2) is 24.4 Å². The number of halogens is 3. The van der Waals surface area contributed by atoms with Crippen molar-refractivity contribution in [1.82, 2.24) is 9.97 Å². The van der Waals surface area contributed by atoms with Crippen LogP contribution in [0.3, 0.4) is 0 Å². The van der Waals surface area contributed by atoms with Gasteiger partial charge in [-0.3, -0.25) is 0 Å². The maximum absolute atomic E-state index is 12.3. The first-order chi connectivity index (χ1) is 7.88. The number of hydrogen-bond donors (Lipinski definition) is 1. The molecular formula is C10H5F3N2O2.